The van der Waals surface area contributed by atoms with Crippen LogP contribution >= 0.6 is 0 Å². The highest BCUT2D eigenvalue weighted by atomic mass is 15.0. The van der Waals surface area contributed by atoms with Crippen LogP contribution in [-0.2, 0) is 0 Å². The molecule has 2 aliphatic rings. The molecule has 2 bridgehead atoms. The van der Waals surface area contributed by atoms with E-state index >= 15 is 0 Å². The van der Waals surface area contributed by atoms with Crippen LogP contribution in [0, 0.1) is 16.7 Å². The summed E-state index contributed by atoms with van der Waals surface area (Å²) in [6, 6.07) is 1.52. The molecule has 100 valence electrons. The predicted octanol–water partition coefficient (Wildman–Crippen LogP) is 4.37. The third-order valence-corrected chi connectivity index (χ3v) is 6.36. The minimum Gasteiger partial charge on any atom is -0.311 e. The van der Waals surface area contributed by atoms with E-state index in [1.165, 1.54) is 38.5 Å². The molecule has 0 aromatic heterocycles. The SMILES string of the molecule is CCCC(CC)NC1CC2CCC1(C)C2(C)C. The van der Waals surface area contributed by atoms with Gasteiger partial charge in [-0.1, -0.05) is 41.0 Å². The Kier molecular flexibility index (Phi) is 3.60. The zero-order chi connectivity index (χ0) is 12.7. The van der Waals surface area contributed by atoms with Gasteiger partial charge < -0.3 is 5.32 Å². The Morgan fingerprint density at radius 3 is 2.35 bits per heavy atom. The smallest absolute Gasteiger partial charge is 0.0131 e. The number of nitrogens with one attached hydrogen (secondary N) is 1. The molecule has 2 saturated carbocycles. The van der Waals surface area contributed by atoms with Crippen LogP contribution in [0.15, 0.2) is 0 Å². The highest BCUT2D eigenvalue weighted by molar-refractivity contribution is 5.13. The summed E-state index contributed by atoms with van der Waals surface area (Å²) in [5, 5.41) is 3.99. The summed E-state index contributed by atoms with van der Waals surface area (Å²) in [4.78, 5) is 0. The van der Waals surface area contributed by atoms with Gasteiger partial charge in [0, 0.05) is 12.1 Å². The van der Waals surface area contributed by atoms with Crippen molar-refractivity contribution >= 4 is 0 Å². The van der Waals surface area contributed by atoms with E-state index in [-0.39, 0.29) is 0 Å². The van der Waals surface area contributed by atoms with Gasteiger partial charge in [-0.3, -0.25) is 0 Å². The van der Waals surface area contributed by atoms with Crippen LogP contribution in [0.2, 0.25) is 0 Å². The Bertz CT molecular complexity index is 271. The van der Waals surface area contributed by atoms with Gasteiger partial charge in [0.05, 0.1) is 0 Å². The van der Waals surface area contributed by atoms with Crippen molar-refractivity contribution in [3.8, 4) is 0 Å². The molecular weight excluding hydrogens is 206 g/mol. The Hall–Kier alpha value is -0.0400. The molecule has 17 heavy (non-hydrogen) atoms. The van der Waals surface area contributed by atoms with Crippen molar-refractivity contribution in [1.82, 2.24) is 5.32 Å². The molecule has 0 aromatic rings. The maximum Gasteiger partial charge on any atom is 0.0131 e. The van der Waals surface area contributed by atoms with Gasteiger partial charge in [-0.05, 0) is 48.9 Å². The highest BCUT2D eigenvalue weighted by Crippen LogP contribution is 2.65. The first-order valence-corrected chi connectivity index (χ1v) is 7.71. The van der Waals surface area contributed by atoms with Crippen LogP contribution in [0.3, 0.4) is 0 Å². The van der Waals surface area contributed by atoms with Gasteiger partial charge in [0.25, 0.3) is 0 Å². The Labute approximate surface area is 108 Å². The lowest BCUT2D eigenvalue weighted by Gasteiger charge is -2.41. The summed E-state index contributed by atoms with van der Waals surface area (Å²) >= 11 is 0. The standard InChI is InChI=1S/C16H31N/c1-6-8-13(7-2)17-14-11-12-9-10-16(14,5)15(12,3)4/h12-14,17H,6-11H2,1-5H3. The fourth-order valence-corrected chi connectivity index (χ4v) is 4.49. The van der Waals surface area contributed by atoms with E-state index in [4.69, 9.17) is 0 Å². The molecule has 0 heterocycles. The molecule has 1 nitrogen and oxygen atoms in total. The van der Waals surface area contributed by atoms with Gasteiger partial charge >= 0.3 is 0 Å². The molecule has 2 rings (SSSR count). The Balaban J connectivity index is 2.05. The van der Waals surface area contributed by atoms with Crippen LogP contribution in [-0.4, -0.2) is 12.1 Å². The first-order chi connectivity index (χ1) is 7.95. The molecule has 0 aliphatic heterocycles. The molecule has 1 N–H and O–H groups in total. The number of fused-ring (bicyclic) bond motifs is 2. The van der Waals surface area contributed by atoms with Gasteiger partial charge in [-0.2, -0.15) is 0 Å². The monoisotopic (exact) mass is 237 g/mol. The van der Waals surface area contributed by atoms with Gasteiger partial charge in [0.15, 0.2) is 0 Å². The second-order valence-electron chi connectivity index (χ2n) is 7.22. The third-order valence-electron chi connectivity index (χ3n) is 6.36. The summed E-state index contributed by atoms with van der Waals surface area (Å²) in [7, 11) is 0. The number of hydrogen-bond acceptors (Lipinski definition) is 1. The average Bonchev–Trinajstić information content (AvgIpc) is 2.61. The lowest BCUT2D eigenvalue weighted by atomic mass is 9.69. The van der Waals surface area contributed by atoms with Crippen LogP contribution in [0.25, 0.3) is 0 Å². The molecule has 4 unspecified atom stereocenters. The van der Waals surface area contributed by atoms with E-state index in [2.05, 4.69) is 39.9 Å². The van der Waals surface area contributed by atoms with E-state index in [0.29, 0.717) is 10.8 Å². The Morgan fingerprint density at radius 1 is 1.24 bits per heavy atom. The zero-order valence-electron chi connectivity index (χ0n) is 12.5. The fourth-order valence-electron chi connectivity index (χ4n) is 4.49. The maximum atomic E-state index is 3.99. The average molecular weight is 237 g/mol. The highest BCUT2D eigenvalue weighted by Gasteiger charge is 2.61. The quantitative estimate of drug-likeness (QED) is 0.748. The Morgan fingerprint density at radius 2 is 1.94 bits per heavy atom. The summed E-state index contributed by atoms with van der Waals surface area (Å²) in [6.45, 7) is 12.2. The van der Waals surface area contributed by atoms with Crippen molar-refractivity contribution in [3.63, 3.8) is 0 Å². The summed E-state index contributed by atoms with van der Waals surface area (Å²) in [5.41, 5.74) is 1.09. The third kappa shape index (κ3) is 1.95. The maximum absolute atomic E-state index is 3.99. The van der Waals surface area contributed by atoms with E-state index in [9.17, 15) is 0 Å². The first-order valence-electron chi connectivity index (χ1n) is 7.71. The first kappa shape index (κ1) is 13.4. The molecule has 2 fully saturated rings. The van der Waals surface area contributed by atoms with Crippen molar-refractivity contribution in [1.29, 1.82) is 0 Å². The fraction of sp³-hybridized carbons (Fsp3) is 1.00. The van der Waals surface area contributed by atoms with Crippen molar-refractivity contribution < 1.29 is 0 Å². The van der Waals surface area contributed by atoms with E-state index in [0.717, 1.165) is 18.0 Å². The van der Waals surface area contributed by atoms with Gasteiger partial charge in [0.1, 0.15) is 0 Å². The van der Waals surface area contributed by atoms with E-state index in [1.807, 2.05) is 0 Å². The molecule has 1 heteroatoms. The van der Waals surface area contributed by atoms with Crippen molar-refractivity contribution in [2.75, 3.05) is 0 Å². The van der Waals surface area contributed by atoms with Gasteiger partial charge in [-0.25, -0.2) is 0 Å². The molecule has 2 aliphatic carbocycles. The summed E-state index contributed by atoms with van der Waals surface area (Å²) < 4.78 is 0. The number of hydrogen-bond donors (Lipinski definition) is 1. The zero-order valence-corrected chi connectivity index (χ0v) is 12.5. The molecule has 0 amide bonds. The molecule has 0 radical (unpaired) electrons. The normalized spacial score (nSPS) is 40.8. The number of rotatable bonds is 5. The lowest BCUT2D eigenvalue weighted by molar-refractivity contribution is 0.114. The van der Waals surface area contributed by atoms with Crippen molar-refractivity contribution in [3.05, 3.63) is 0 Å². The molecular formula is C16H31N. The molecule has 0 aromatic carbocycles. The van der Waals surface area contributed by atoms with Crippen LogP contribution in [0.1, 0.15) is 73.1 Å². The molecule has 0 saturated heterocycles. The lowest BCUT2D eigenvalue weighted by Crippen LogP contribution is -2.48. The predicted molar refractivity (Wildman–Crippen MR) is 75.1 cm³/mol. The van der Waals surface area contributed by atoms with Crippen molar-refractivity contribution in [2.24, 2.45) is 16.7 Å². The molecule has 4 atom stereocenters. The molecule has 0 spiro atoms. The second kappa shape index (κ2) is 4.57. The van der Waals surface area contributed by atoms with Crippen LogP contribution in [0.5, 0.6) is 0 Å². The van der Waals surface area contributed by atoms with Crippen LogP contribution in [0.4, 0.5) is 0 Å². The summed E-state index contributed by atoms with van der Waals surface area (Å²) in [5.74, 6) is 0.962. The topological polar surface area (TPSA) is 12.0 Å². The van der Waals surface area contributed by atoms with E-state index in [1.54, 1.807) is 0 Å². The second-order valence-corrected chi connectivity index (χ2v) is 7.22. The minimum atomic E-state index is 0.541. The van der Waals surface area contributed by atoms with Crippen LogP contribution < -0.4 is 5.32 Å². The summed E-state index contributed by atoms with van der Waals surface area (Å²) in [6.07, 6.45) is 8.25. The minimum absolute atomic E-state index is 0.541. The largest absolute Gasteiger partial charge is 0.311 e. The van der Waals surface area contributed by atoms with E-state index < -0.39 is 0 Å². The van der Waals surface area contributed by atoms with Crippen molar-refractivity contribution in [2.45, 2.75) is 85.2 Å². The van der Waals surface area contributed by atoms with Gasteiger partial charge in [-0.15, -0.1) is 0 Å². The van der Waals surface area contributed by atoms with Gasteiger partial charge in [0.2, 0.25) is 0 Å².